The molecule has 0 radical (unpaired) electrons. The van der Waals surface area contributed by atoms with E-state index in [1.54, 1.807) is 6.07 Å². The van der Waals surface area contributed by atoms with Gasteiger partial charge in [-0.3, -0.25) is 9.59 Å². The van der Waals surface area contributed by atoms with E-state index < -0.39 is 17.6 Å². The molecule has 0 fully saturated rings. The molecule has 2 aromatic rings. The standard InChI is InChI=1S/C14H10BrFN2O2/c15-7-4-5-8(11(16)6-7)12-9(13(17)19)2-1-3-10(12)14(18)20/h1-6H,(H2,17,19)(H2,18,20). The van der Waals surface area contributed by atoms with Gasteiger partial charge >= 0.3 is 0 Å². The van der Waals surface area contributed by atoms with Crippen LogP contribution in [-0.2, 0) is 0 Å². The maximum atomic E-state index is 14.1. The fraction of sp³-hybridized carbons (Fsp3) is 0. The molecular weight excluding hydrogens is 327 g/mol. The first-order valence-electron chi connectivity index (χ1n) is 5.60. The third-order valence-corrected chi connectivity index (χ3v) is 3.29. The first-order valence-corrected chi connectivity index (χ1v) is 6.39. The van der Waals surface area contributed by atoms with Gasteiger partial charge in [0, 0.05) is 26.7 Å². The van der Waals surface area contributed by atoms with E-state index in [9.17, 15) is 14.0 Å². The Balaban J connectivity index is 2.83. The largest absolute Gasteiger partial charge is 0.366 e. The van der Waals surface area contributed by atoms with Gasteiger partial charge in [-0.25, -0.2) is 4.39 Å². The van der Waals surface area contributed by atoms with Gasteiger partial charge in [-0.1, -0.05) is 28.1 Å². The molecule has 20 heavy (non-hydrogen) atoms. The lowest BCUT2D eigenvalue weighted by molar-refractivity contribution is 0.0999. The Hall–Kier alpha value is -2.21. The number of carbonyl (C=O) groups excluding carboxylic acids is 2. The number of carbonyl (C=O) groups is 2. The van der Waals surface area contributed by atoms with Crippen LogP contribution in [0.1, 0.15) is 20.7 Å². The number of rotatable bonds is 3. The Kier molecular flexibility index (Phi) is 3.85. The normalized spacial score (nSPS) is 10.3. The minimum absolute atomic E-state index is 0.0440. The molecule has 4 N–H and O–H groups in total. The summed E-state index contributed by atoms with van der Waals surface area (Å²) in [7, 11) is 0. The maximum Gasteiger partial charge on any atom is 0.249 e. The molecule has 2 amide bonds. The minimum atomic E-state index is -0.759. The number of amides is 2. The molecular formula is C14H10BrFN2O2. The van der Waals surface area contributed by atoms with E-state index in [1.807, 2.05) is 0 Å². The Bertz CT molecular complexity index is 684. The summed E-state index contributed by atoms with van der Waals surface area (Å²) >= 11 is 3.14. The molecule has 102 valence electrons. The monoisotopic (exact) mass is 336 g/mol. The maximum absolute atomic E-state index is 14.1. The van der Waals surface area contributed by atoms with Gasteiger partial charge in [0.2, 0.25) is 11.8 Å². The highest BCUT2D eigenvalue weighted by molar-refractivity contribution is 9.10. The van der Waals surface area contributed by atoms with Gasteiger partial charge in [0.25, 0.3) is 0 Å². The number of hydrogen-bond acceptors (Lipinski definition) is 2. The second kappa shape index (κ2) is 5.42. The van der Waals surface area contributed by atoms with Crippen LogP contribution in [-0.4, -0.2) is 11.8 Å². The lowest BCUT2D eigenvalue weighted by atomic mass is 9.93. The molecule has 0 bridgehead atoms. The summed E-state index contributed by atoms with van der Waals surface area (Å²) < 4.78 is 14.6. The van der Waals surface area contributed by atoms with Gasteiger partial charge in [0.05, 0.1) is 0 Å². The highest BCUT2D eigenvalue weighted by Gasteiger charge is 2.20. The number of benzene rings is 2. The van der Waals surface area contributed by atoms with E-state index in [4.69, 9.17) is 11.5 Å². The third kappa shape index (κ3) is 2.55. The van der Waals surface area contributed by atoms with Crippen LogP contribution in [0.2, 0.25) is 0 Å². The molecule has 4 nitrogen and oxygen atoms in total. The molecule has 2 aromatic carbocycles. The van der Waals surface area contributed by atoms with Crippen LogP contribution in [0.15, 0.2) is 40.9 Å². The van der Waals surface area contributed by atoms with Crippen LogP contribution in [0.25, 0.3) is 11.1 Å². The van der Waals surface area contributed by atoms with Crippen molar-refractivity contribution in [1.82, 2.24) is 0 Å². The van der Waals surface area contributed by atoms with Crippen molar-refractivity contribution < 1.29 is 14.0 Å². The van der Waals surface area contributed by atoms with E-state index in [2.05, 4.69) is 15.9 Å². The number of halogens is 2. The summed E-state index contributed by atoms with van der Waals surface area (Å²) in [6.07, 6.45) is 0. The summed E-state index contributed by atoms with van der Waals surface area (Å²) in [6, 6.07) is 8.60. The average Bonchev–Trinajstić information content (AvgIpc) is 2.37. The Morgan fingerprint density at radius 3 is 2.00 bits per heavy atom. The zero-order chi connectivity index (χ0) is 14.9. The molecule has 0 unspecified atom stereocenters. The lowest BCUT2D eigenvalue weighted by Gasteiger charge is -2.12. The van der Waals surface area contributed by atoms with Gasteiger partial charge < -0.3 is 11.5 Å². The summed E-state index contributed by atoms with van der Waals surface area (Å²) in [6.45, 7) is 0. The van der Waals surface area contributed by atoms with Crippen LogP contribution >= 0.6 is 15.9 Å². The van der Waals surface area contributed by atoms with Gasteiger partial charge in [0.1, 0.15) is 5.82 Å². The number of primary amides is 2. The summed E-state index contributed by atoms with van der Waals surface area (Å²) in [5.41, 5.74) is 10.8. The molecule has 0 aliphatic heterocycles. The van der Waals surface area contributed by atoms with Crippen molar-refractivity contribution in [2.24, 2.45) is 11.5 Å². The predicted molar refractivity (Wildman–Crippen MR) is 76.6 cm³/mol. The molecule has 6 heteroatoms. The number of hydrogen-bond donors (Lipinski definition) is 2. The average molecular weight is 337 g/mol. The smallest absolute Gasteiger partial charge is 0.249 e. The van der Waals surface area contributed by atoms with Crippen molar-refractivity contribution in [2.75, 3.05) is 0 Å². The summed E-state index contributed by atoms with van der Waals surface area (Å²) in [4.78, 5) is 23.0. The summed E-state index contributed by atoms with van der Waals surface area (Å²) in [5, 5.41) is 0. The van der Waals surface area contributed by atoms with Crippen LogP contribution in [0, 0.1) is 5.82 Å². The first-order chi connectivity index (χ1) is 9.41. The van der Waals surface area contributed by atoms with Crippen LogP contribution in [0.3, 0.4) is 0 Å². The van der Waals surface area contributed by atoms with Gasteiger partial charge in [-0.15, -0.1) is 0 Å². The first kappa shape index (κ1) is 14.2. The SMILES string of the molecule is NC(=O)c1cccc(C(N)=O)c1-c1ccc(Br)cc1F. The third-order valence-electron chi connectivity index (χ3n) is 2.80. The van der Waals surface area contributed by atoms with Gasteiger partial charge in [-0.05, 0) is 24.3 Å². The number of nitrogens with two attached hydrogens (primary N) is 2. The van der Waals surface area contributed by atoms with Crippen LogP contribution in [0.4, 0.5) is 4.39 Å². The van der Waals surface area contributed by atoms with E-state index in [0.29, 0.717) is 4.47 Å². The summed E-state index contributed by atoms with van der Waals surface area (Å²) in [5.74, 6) is -2.11. The zero-order valence-electron chi connectivity index (χ0n) is 10.2. The van der Waals surface area contributed by atoms with Crippen LogP contribution < -0.4 is 11.5 Å². The highest BCUT2D eigenvalue weighted by atomic mass is 79.9. The van der Waals surface area contributed by atoms with Crippen molar-refractivity contribution in [3.8, 4) is 11.1 Å². The van der Waals surface area contributed by atoms with E-state index >= 15 is 0 Å². The Morgan fingerprint density at radius 2 is 1.55 bits per heavy atom. The molecule has 0 saturated carbocycles. The lowest BCUT2D eigenvalue weighted by Crippen LogP contribution is -2.18. The Morgan fingerprint density at radius 1 is 1.00 bits per heavy atom. The van der Waals surface area contributed by atoms with E-state index in [1.165, 1.54) is 30.3 Å². The Labute approximate surface area is 122 Å². The molecule has 0 saturated heterocycles. The fourth-order valence-corrected chi connectivity index (χ4v) is 2.28. The van der Waals surface area contributed by atoms with Crippen molar-refractivity contribution >= 4 is 27.7 Å². The van der Waals surface area contributed by atoms with Gasteiger partial charge in [0.15, 0.2) is 0 Å². The second-order valence-corrected chi connectivity index (χ2v) is 5.00. The van der Waals surface area contributed by atoms with Gasteiger partial charge in [-0.2, -0.15) is 0 Å². The minimum Gasteiger partial charge on any atom is -0.366 e. The highest BCUT2D eigenvalue weighted by Crippen LogP contribution is 2.31. The van der Waals surface area contributed by atoms with E-state index in [0.717, 1.165) is 0 Å². The van der Waals surface area contributed by atoms with Crippen molar-refractivity contribution in [3.05, 3.63) is 57.8 Å². The van der Waals surface area contributed by atoms with Crippen LogP contribution in [0.5, 0.6) is 0 Å². The van der Waals surface area contributed by atoms with Crippen molar-refractivity contribution in [2.45, 2.75) is 0 Å². The van der Waals surface area contributed by atoms with Crippen molar-refractivity contribution in [3.63, 3.8) is 0 Å². The quantitative estimate of drug-likeness (QED) is 0.901. The van der Waals surface area contributed by atoms with E-state index in [-0.39, 0.29) is 22.3 Å². The molecule has 0 aliphatic rings. The molecule has 0 heterocycles. The molecule has 0 spiro atoms. The topological polar surface area (TPSA) is 86.2 Å². The predicted octanol–water partition coefficient (Wildman–Crippen LogP) is 2.45. The molecule has 0 atom stereocenters. The second-order valence-electron chi connectivity index (χ2n) is 4.08. The zero-order valence-corrected chi connectivity index (χ0v) is 11.8. The molecule has 0 aliphatic carbocycles. The molecule has 2 rings (SSSR count). The molecule has 0 aromatic heterocycles. The van der Waals surface area contributed by atoms with Crippen molar-refractivity contribution in [1.29, 1.82) is 0 Å². The fourth-order valence-electron chi connectivity index (χ4n) is 1.95.